The summed E-state index contributed by atoms with van der Waals surface area (Å²) in [5, 5.41) is 2.15. The lowest BCUT2D eigenvalue weighted by atomic mass is 9.85. The lowest BCUT2D eigenvalue weighted by Crippen LogP contribution is -2.16. The molecule has 3 nitrogen and oxygen atoms in total. The van der Waals surface area contributed by atoms with Crippen molar-refractivity contribution in [1.29, 1.82) is 0 Å². The van der Waals surface area contributed by atoms with Gasteiger partial charge in [0.2, 0.25) is 5.71 Å². The van der Waals surface area contributed by atoms with Gasteiger partial charge in [0, 0.05) is 33.5 Å². The molecular formula is C28H24N2O. The minimum atomic E-state index is -0.145. The number of aromatic nitrogens is 2. The SMILES string of the molecule is Cc1cnc(-c2c(C)ccc3c2oc2nc4c(cc23)-c2ccccc2C4(C)C)cc1C. The molecule has 2 aromatic carbocycles. The van der Waals surface area contributed by atoms with E-state index >= 15 is 0 Å². The first-order chi connectivity index (χ1) is 14.9. The first-order valence-electron chi connectivity index (χ1n) is 10.8. The number of aryl methyl sites for hydroxylation is 3. The number of pyridine rings is 2. The van der Waals surface area contributed by atoms with E-state index in [0.717, 1.165) is 38.9 Å². The van der Waals surface area contributed by atoms with Crippen LogP contribution in [0, 0.1) is 20.8 Å². The van der Waals surface area contributed by atoms with Gasteiger partial charge in [-0.05, 0) is 60.7 Å². The summed E-state index contributed by atoms with van der Waals surface area (Å²) in [6.07, 6.45) is 1.94. The molecule has 0 aliphatic heterocycles. The van der Waals surface area contributed by atoms with Crippen LogP contribution < -0.4 is 0 Å². The third kappa shape index (κ3) is 2.40. The average Bonchev–Trinajstić information content (AvgIpc) is 3.22. The summed E-state index contributed by atoms with van der Waals surface area (Å²) in [5.74, 6) is 0. The zero-order valence-corrected chi connectivity index (χ0v) is 18.5. The molecule has 0 saturated carbocycles. The van der Waals surface area contributed by atoms with Gasteiger partial charge in [0.05, 0.1) is 11.4 Å². The Labute approximate surface area is 181 Å². The monoisotopic (exact) mass is 404 g/mol. The van der Waals surface area contributed by atoms with E-state index in [1.54, 1.807) is 0 Å². The van der Waals surface area contributed by atoms with Gasteiger partial charge in [0.25, 0.3) is 0 Å². The van der Waals surface area contributed by atoms with Gasteiger partial charge < -0.3 is 4.42 Å². The van der Waals surface area contributed by atoms with Gasteiger partial charge in [-0.15, -0.1) is 0 Å². The second-order valence-corrected chi connectivity index (χ2v) is 9.30. The first-order valence-corrected chi connectivity index (χ1v) is 10.8. The molecule has 3 aromatic heterocycles. The molecule has 1 aliphatic carbocycles. The number of fused-ring (bicyclic) bond motifs is 6. The number of hydrogen-bond donors (Lipinski definition) is 0. The Morgan fingerprint density at radius 2 is 1.61 bits per heavy atom. The van der Waals surface area contributed by atoms with Crippen LogP contribution >= 0.6 is 0 Å². The molecule has 3 heterocycles. The Hall–Kier alpha value is -3.46. The molecule has 31 heavy (non-hydrogen) atoms. The van der Waals surface area contributed by atoms with Crippen LogP contribution in [-0.2, 0) is 5.41 Å². The molecule has 1 aliphatic rings. The van der Waals surface area contributed by atoms with Crippen molar-refractivity contribution in [3.63, 3.8) is 0 Å². The third-order valence-corrected chi connectivity index (χ3v) is 6.95. The number of hydrogen-bond acceptors (Lipinski definition) is 3. The molecule has 5 aromatic rings. The third-order valence-electron chi connectivity index (χ3n) is 6.95. The molecule has 0 unspecified atom stereocenters. The zero-order valence-electron chi connectivity index (χ0n) is 18.5. The molecule has 6 rings (SSSR count). The van der Waals surface area contributed by atoms with E-state index in [2.05, 4.69) is 83.1 Å². The first kappa shape index (κ1) is 18.3. The van der Waals surface area contributed by atoms with Crippen molar-refractivity contribution in [3.8, 4) is 22.4 Å². The number of rotatable bonds is 1. The Morgan fingerprint density at radius 1 is 0.806 bits per heavy atom. The Balaban J connectivity index is 1.68. The molecule has 3 heteroatoms. The maximum absolute atomic E-state index is 6.46. The molecule has 0 amide bonds. The highest BCUT2D eigenvalue weighted by molar-refractivity contribution is 6.10. The lowest BCUT2D eigenvalue weighted by Gasteiger charge is -2.19. The van der Waals surface area contributed by atoms with Gasteiger partial charge in [-0.25, -0.2) is 4.98 Å². The molecule has 0 fully saturated rings. The van der Waals surface area contributed by atoms with E-state index in [4.69, 9.17) is 14.4 Å². The van der Waals surface area contributed by atoms with E-state index in [1.807, 2.05) is 6.20 Å². The standard InChI is InChI=1S/C28H24N2O/c1-15-10-11-19-21-13-20-18-8-6-7-9-22(18)28(4,5)26(20)30-27(21)31-25(19)24(15)23-12-16(2)17(3)14-29-23/h6-14H,1-5H3. The maximum Gasteiger partial charge on any atom is 0.227 e. The minimum absolute atomic E-state index is 0.145. The van der Waals surface area contributed by atoms with Crippen LogP contribution in [0.5, 0.6) is 0 Å². The minimum Gasteiger partial charge on any atom is -0.437 e. The van der Waals surface area contributed by atoms with E-state index < -0.39 is 0 Å². The van der Waals surface area contributed by atoms with Gasteiger partial charge in [-0.3, -0.25) is 4.98 Å². The molecule has 0 N–H and O–H groups in total. The van der Waals surface area contributed by atoms with Gasteiger partial charge in [-0.1, -0.05) is 50.2 Å². The summed E-state index contributed by atoms with van der Waals surface area (Å²) in [6.45, 7) is 10.8. The fraction of sp³-hybridized carbons (Fsp3) is 0.214. The summed E-state index contributed by atoms with van der Waals surface area (Å²) >= 11 is 0. The quantitative estimate of drug-likeness (QED) is 0.295. The summed E-state index contributed by atoms with van der Waals surface area (Å²) in [4.78, 5) is 9.79. The zero-order chi connectivity index (χ0) is 21.5. The van der Waals surface area contributed by atoms with Crippen molar-refractivity contribution < 1.29 is 4.42 Å². The van der Waals surface area contributed by atoms with Gasteiger partial charge >= 0.3 is 0 Å². The highest BCUT2D eigenvalue weighted by atomic mass is 16.3. The van der Waals surface area contributed by atoms with Crippen LogP contribution in [0.25, 0.3) is 44.5 Å². The molecule has 0 bridgehead atoms. The Bertz CT molecular complexity index is 1540. The number of furan rings is 1. The van der Waals surface area contributed by atoms with Gasteiger partial charge in [-0.2, -0.15) is 0 Å². The predicted molar refractivity (Wildman–Crippen MR) is 127 cm³/mol. The predicted octanol–water partition coefficient (Wildman–Crippen LogP) is 7.27. The van der Waals surface area contributed by atoms with Crippen molar-refractivity contribution in [2.45, 2.75) is 40.0 Å². The molecule has 0 radical (unpaired) electrons. The topological polar surface area (TPSA) is 38.9 Å². The molecule has 152 valence electrons. The van der Waals surface area contributed by atoms with Crippen LogP contribution in [0.4, 0.5) is 0 Å². The van der Waals surface area contributed by atoms with Crippen molar-refractivity contribution in [2.24, 2.45) is 0 Å². The lowest BCUT2D eigenvalue weighted by molar-refractivity contribution is 0.615. The summed E-state index contributed by atoms with van der Waals surface area (Å²) in [6, 6.07) is 17.4. The van der Waals surface area contributed by atoms with E-state index in [0.29, 0.717) is 5.71 Å². The highest BCUT2D eigenvalue weighted by Gasteiger charge is 2.37. The van der Waals surface area contributed by atoms with Crippen LogP contribution in [0.1, 0.15) is 41.8 Å². The summed E-state index contributed by atoms with van der Waals surface area (Å²) in [5.41, 5.74) is 11.9. The highest BCUT2D eigenvalue weighted by Crippen LogP contribution is 2.49. The largest absolute Gasteiger partial charge is 0.437 e. The molecule has 0 atom stereocenters. The number of benzene rings is 2. The summed E-state index contributed by atoms with van der Waals surface area (Å²) < 4.78 is 6.46. The average molecular weight is 405 g/mol. The summed E-state index contributed by atoms with van der Waals surface area (Å²) in [7, 11) is 0. The maximum atomic E-state index is 6.46. The van der Waals surface area contributed by atoms with Crippen molar-refractivity contribution in [1.82, 2.24) is 9.97 Å². The van der Waals surface area contributed by atoms with Crippen LogP contribution in [0.3, 0.4) is 0 Å². The van der Waals surface area contributed by atoms with E-state index in [1.165, 1.54) is 27.8 Å². The van der Waals surface area contributed by atoms with Crippen LogP contribution in [-0.4, -0.2) is 9.97 Å². The second kappa shape index (κ2) is 6.04. The van der Waals surface area contributed by atoms with Crippen molar-refractivity contribution >= 4 is 22.1 Å². The molecule has 0 saturated heterocycles. The Morgan fingerprint density at radius 3 is 2.42 bits per heavy atom. The van der Waals surface area contributed by atoms with Crippen molar-refractivity contribution in [2.75, 3.05) is 0 Å². The molecule has 0 spiro atoms. The van der Waals surface area contributed by atoms with Gasteiger partial charge in [0.15, 0.2) is 0 Å². The number of nitrogens with zero attached hydrogens (tertiary/aromatic N) is 2. The molecular weight excluding hydrogens is 380 g/mol. The second-order valence-electron chi connectivity index (χ2n) is 9.30. The van der Waals surface area contributed by atoms with E-state index in [-0.39, 0.29) is 5.41 Å². The van der Waals surface area contributed by atoms with Crippen LogP contribution in [0.15, 0.2) is 59.1 Å². The normalized spacial score (nSPS) is 14.2. The Kier molecular flexibility index (Phi) is 3.57. The van der Waals surface area contributed by atoms with Gasteiger partial charge in [0.1, 0.15) is 5.58 Å². The fourth-order valence-corrected chi connectivity index (χ4v) is 5.01. The van der Waals surface area contributed by atoms with E-state index in [9.17, 15) is 0 Å². The van der Waals surface area contributed by atoms with Crippen LogP contribution in [0.2, 0.25) is 0 Å². The smallest absolute Gasteiger partial charge is 0.227 e. The van der Waals surface area contributed by atoms with Crippen molar-refractivity contribution in [3.05, 3.63) is 82.7 Å². The fourth-order valence-electron chi connectivity index (χ4n) is 5.01.